The molecule has 1 unspecified atom stereocenters. The first-order valence-electron chi connectivity index (χ1n) is 7.53. The first-order chi connectivity index (χ1) is 8.11. The van der Waals surface area contributed by atoms with E-state index < -0.39 is 0 Å². The average molecular weight is 239 g/mol. The van der Waals surface area contributed by atoms with Crippen LogP contribution in [0.15, 0.2) is 0 Å². The van der Waals surface area contributed by atoms with Crippen molar-refractivity contribution in [3.05, 3.63) is 0 Å². The molecular weight excluding hydrogens is 210 g/mol. The SMILES string of the molecule is CCC(C)(CC)NC1CCOC2(CCCC2)C1. The molecular formula is C15H29NO. The van der Waals surface area contributed by atoms with E-state index in [1.165, 1.54) is 51.4 Å². The molecule has 1 atom stereocenters. The third-order valence-electron chi connectivity index (χ3n) is 5.12. The van der Waals surface area contributed by atoms with Gasteiger partial charge in [0.1, 0.15) is 0 Å². The predicted octanol–water partition coefficient (Wildman–Crippen LogP) is 3.65. The standard InChI is InChI=1S/C15H29NO/c1-4-14(3,5-2)16-13-8-11-17-15(12-13)9-6-7-10-15/h13,16H,4-12H2,1-3H3. The molecule has 1 saturated carbocycles. The van der Waals surface area contributed by atoms with Gasteiger partial charge in [0.05, 0.1) is 5.60 Å². The summed E-state index contributed by atoms with van der Waals surface area (Å²) in [6, 6.07) is 0.673. The maximum Gasteiger partial charge on any atom is 0.0697 e. The molecule has 0 bridgehead atoms. The zero-order valence-electron chi connectivity index (χ0n) is 11.8. The minimum absolute atomic E-state index is 0.248. The van der Waals surface area contributed by atoms with Gasteiger partial charge in [-0.25, -0.2) is 0 Å². The Morgan fingerprint density at radius 2 is 1.88 bits per heavy atom. The van der Waals surface area contributed by atoms with Gasteiger partial charge in [0.15, 0.2) is 0 Å². The maximum atomic E-state index is 6.10. The van der Waals surface area contributed by atoms with Gasteiger partial charge in [-0.05, 0) is 45.4 Å². The van der Waals surface area contributed by atoms with Crippen molar-refractivity contribution in [1.29, 1.82) is 0 Å². The molecule has 1 aliphatic heterocycles. The Balaban J connectivity index is 1.93. The Bertz CT molecular complexity index is 239. The second-order valence-electron chi connectivity index (χ2n) is 6.34. The van der Waals surface area contributed by atoms with Crippen molar-refractivity contribution < 1.29 is 4.74 Å². The molecule has 0 aromatic rings. The fraction of sp³-hybridized carbons (Fsp3) is 1.00. The van der Waals surface area contributed by atoms with E-state index in [9.17, 15) is 0 Å². The molecule has 2 heteroatoms. The highest BCUT2D eigenvalue weighted by atomic mass is 16.5. The van der Waals surface area contributed by atoms with Crippen molar-refractivity contribution in [3.8, 4) is 0 Å². The smallest absolute Gasteiger partial charge is 0.0697 e. The molecule has 2 fully saturated rings. The predicted molar refractivity (Wildman–Crippen MR) is 72.3 cm³/mol. The van der Waals surface area contributed by atoms with Crippen LogP contribution in [0.25, 0.3) is 0 Å². The molecule has 0 radical (unpaired) electrons. The van der Waals surface area contributed by atoms with Crippen LogP contribution < -0.4 is 5.32 Å². The summed E-state index contributed by atoms with van der Waals surface area (Å²) in [6.07, 6.45) is 10.2. The van der Waals surface area contributed by atoms with E-state index in [1.54, 1.807) is 0 Å². The number of ether oxygens (including phenoxy) is 1. The van der Waals surface area contributed by atoms with Crippen molar-refractivity contribution in [3.63, 3.8) is 0 Å². The minimum atomic E-state index is 0.248. The van der Waals surface area contributed by atoms with Crippen LogP contribution in [0.2, 0.25) is 0 Å². The highest BCUT2D eigenvalue weighted by molar-refractivity contribution is 4.96. The minimum Gasteiger partial charge on any atom is -0.375 e. The third kappa shape index (κ3) is 3.03. The maximum absolute atomic E-state index is 6.10. The second kappa shape index (κ2) is 5.27. The quantitative estimate of drug-likeness (QED) is 0.808. The largest absolute Gasteiger partial charge is 0.375 e. The van der Waals surface area contributed by atoms with Gasteiger partial charge in [-0.1, -0.05) is 26.7 Å². The summed E-state index contributed by atoms with van der Waals surface area (Å²) in [5, 5.41) is 3.90. The number of nitrogens with one attached hydrogen (secondary N) is 1. The molecule has 0 amide bonds. The first kappa shape index (κ1) is 13.4. The fourth-order valence-electron chi connectivity index (χ4n) is 3.47. The van der Waals surface area contributed by atoms with Crippen molar-refractivity contribution in [2.24, 2.45) is 0 Å². The summed E-state index contributed by atoms with van der Waals surface area (Å²) in [6.45, 7) is 7.91. The van der Waals surface area contributed by atoms with Gasteiger partial charge < -0.3 is 10.1 Å². The topological polar surface area (TPSA) is 21.3 Å². The molecule has 0 aromatic carbocycles. The number of rotatable bonds is 4. The molecule has 2 nitrogen and oxygen atoms in total. The molecule has 1 heterocycles. The van der Waals surface area contributed by atoms with Crippen molar-refractivity contribution in [2.75, 3.05) is 6.61 Å². The van der Waals surface area contributed by atoms with E-state index in [1.807, 2.05) is 0 Å². The molecule has 1 N–H and O–H groups in total. The van der Waals surface area contributed by atoms with Crippen LogP contribution in [0.1, 0.15) is 72.1 Å². The number of hydrogen-bond acceptors (Lipinski definition) is 2. The highest BCUT2D eigenvalue weighted by Gasteiger charge is 2.40. The molecule has 2 aliphatic rings. The monoisotopic (exact) mass is 239 g/mol. The molecule has 1 aliphatic carbocycles. The Labute approximate surface area is 107 Å². The average Bonchev–Trinajstić information content (AvgIpc) is 2.77. The summed E-state index contributed by atoms with van der Waals surface area (Å²) >= 11 is 0. The lowest BCUT2D eigenvalue weighted by atomic mass is 9.86. The Kier molecular flexibility index (Phi) is 4.14. The van der Waals surface area contributed by atoms with Gasteiger partial charge in [0.2, 0.25) is 0 Å². The van der Waals surface area contributed by atoms with Crippen LogP contribution in [0.3, 0.4) is 0 Å². The van der Waals surface area contributed by atoms with Crippen molar-refractivity contribution in [1.82, 2.24) is 5.32 Å². The van der Waals surface area contributed by atoms with Crippen molar-refractivity contribution in [2.45, 2.75) is 89.3 Å². The molecule has 17 heavy (non-hydrogen) atoms. The van der Waals surface area contributed by atoms with E-state index in [0.717, 1.165) is 6.61 Å². The third-order valence-corrected chi connectivity index (χ3v) is 5.12. The molecule has 1 spiro atoms. The summed E-state index contributed by atoms with van der Waals surface area (Å²) in [4.78, 5) is 0. The summed E-state index contributed by atoms with van der Waals surface area (Å²) in [5.41, 5.74) is 0.570. The van der Waals surface area contributed by atoms with E-state index in [4.69, 9.17) is 4.74 Å². The zero-order chi connectivity index (χ0) is 12.4. The van der Waals surface area contributed by atoms with E-state index in [-0.39, 0.29) is 5.60 Å². The van der Waals surface area contributed by atoms with Gasteiger partial charge in [-0.3, -0.25) is 0 Å². The zero-order valence-corrected chi connectivity index (χ0v) is 11.8. The van der Waals surface area contributed by atoms with E-state index in [0.29, 0.717) is 11.6 Å². The number of hydrogen-bond donors (Lipinski definition) is 1. The van der Waals surface area contributed by atoms with Gasteiger partial charge in [0.25, 0.3) is 0 Å². The normalized spacial score (nSPS) is 28.8. The molecule has 2 rings (SSSR count). The molecule has 100 valence electrons. The van der Waals surface area contributed by atoms with Gasteiger partial charge >= 0.3 is 0 Å². The highest BCUT2D eigenvalue weighted by Crippen LogP contribution is 2.40. The first-order valence-corrected chi connectivity index (χ1v) is 7.53. The second-order valence-corrected chi connectivity index (χ2v) is 6.34. The summed E-state index contributed by atoms with van der Waals surface area (Å²) in [7, 11) is 0. The van der Waals surface area contributed by atoms with Gasteiger partial charge in [-0.2, -0.15) is 0 Å². The lowest BCUT2D eigenvalue weighted by Crippen LogP contribution is -2.53. The van der Waals surface area contributed by atoms with Gasteiger partial charge in [0, 0.05) is 18.2 Å². The molecule has 0 aromatic heterocycles. The molecule has 1 saturated heterocycles. The van der Waals surface area contributed by atoms with E-state index >= 15 is 0 Å². The van der Waals surface area contributed by atoms with E-state index in [2.05, 4.69) is 26.1 Å². The van der Waals surface area contributed by atoms with Crippen LogP contribution in [-0.4, -0.2) is 23.8 Å². The van der Waals surface area contributed by atoms with Gasteiger partial charge in [-0.15, -0.1) is 0 Å². The Morgan fingerprint density at radius 3 is 2.47 bits per heavy atom. The lowest BCUT2D eigenvalue weighted by Gasteiger charge is -2.42. The summed E-state index contributed by atoms with van der Waals surface area (Å²) < 4.78 is 6.10. The fourth-order valence-corrected chi connectivity index (χ4v) is 3.47. The lowest BCUT2D eigenvalue weighted by molar-refractivity contribution is -0.0867. The Morgan fingerprint density at radius 1 is 1.24 bits per heavy atom. The van der Waals surface area contributed by atoms with Crippen LogP contribution >= 0.6 is 0 Å². The summed E-state index contributed by atoms with van der Waals surface area (Å²) in [5.74, 6) is 0. The van der Waals surface area contributed by atoms with Crippen LogP contribution in [0.5, 0.6) is 0 Å². The van der Waals surface area contributed by atoms with Crippen LogP contribution in [0, 0.1) is 0 Å². The Hall–Kier alpha value is -0.0800. The van der Waals surface area contributed by atoms with Crippen LogP contribution in [0.4, 0.5) is 0 Å². The van der Waals surface area contributed by atoms with Crippen molar-refractivity contribution >= 4 is 0 Å². The van der Waals surface area contributed by atoms with Crippen LogP contribution in [-0.2, 0) is 4.74 Å².